The van der Waals surface area contributed by atoms with E-state index in [9.17, 15) is 22.8 Å². The van der Waals surface area contributed by atoms with Crippen LogP contribution in [0, 0.1) is 0 Å². The van der Waals surface area contributed by atoms with Crippen molar-refractivity contribution in [1.29, 1.82) is 0 Å². The van der Waals surface area contributed by atoms with Gasteiger partial charge in [0.25, 0.3) is 16.1 Å². The summed E-state index contributed by atoms with van der Waals surface area (Å²) < 4.78 is 26.6. The molecule has 3 heterocycles. The summed E-state index contributed by atoms with van der Waals surface area (Å²) in [5.74, 6) is -1.87. The number of rotatable bonds is 5. The first-order valence-corrected chi connectivity index (χ1v) is 11.4. The topological polar surface area (TPSA) is 179 Å². The first kappa shape index (κ1) is 22.5. The normalized spacial score (nSPS) is 14.2. The highest BCUT2D eigenvalue weighted by Gasteiger charge is 2.31. The maximum atomic E-state index is 13.1. The third kappa shape index (κ3) is 4.58. The number of nitrogens with zero attached hydrogens (tertiary/aromatic N) is 2. The summed E-state index contributed by atoms with van der Waals surface area (Å²) in [6, 6.07) is 8.03. The lowest BCUT2D eigenvalue weighted by atomic mass is 9.95. The standard InChI is InChI=1S/C20H17ClN6O5S/c21-11-1-2-14-12(6-11)18(13-8-25-17(29)7-15(13)28)19(20(30)26-33(23,31)32)27(14)9-10-3-4-24-16(22)5-10/h1-6,8H,7,9H2,(H2,22,24)(H,25,29)(H,26,30)(H2,23,31,32). The Kier molecular flexibility index (Phi) is 5.66. The van der Waals surface area contributed by atoms with Crippen LogP contribution >= 0.6 is 11.6 Å². The quantitative estimate of drug-likeness (QED) is 0.381. The van der Waals surface area contributed by atoms with Crippen LogP contribution in [0.4, 0.5) is 5.82 Å². The molecule has 170 valence electrons. The second-order valence-corrected chi connectivity index (χ2v) is 8.99. The number of carbonyl (C=O) groups excluding carboxylic acids is 3. The molecule has 0 radical (unpaired) electrons. The number of carbonyl (C=O) groups is 3. The van der Waals surface area contributed by atoms with Gasteiger partial charge in [0.15, 0.2) is 5.78 Å². The minimum Gasteiger partial charge on any atom is -0.384 e. The number of nitrogens with two attached hydrogens (primary N) is 2. The molecule has 1 aromatic carbocycles. The molecule has 0 aliphatic carbocycles. The Labute approximate surface area is 192 Å². The molecule has 0 atom stereocenters. The molecular formula is C20H17ClN6O5S. The zero-order chi connectivity index (χ0) is 23.9. The molecule has 33 heavy (non-hydrogen) atoms. The van der Waals surface area contributed by atoms with Gasteiger partial charge in [-0.05, 0) is 35.9 Å². The second kappa shape index (κ2) is 8.31. The summed E-state index contributed by atoms with van der Waals surface area (Å²) in [4.78, 5) is 41.5. The number of benzene rings is 1. The van der Waals surface area contributed by atoms with Crippen LogP contribution in [0.1, 0.15) is 28.0 Å². The summed E-state index contributed by atoms with van der Waals surface area (Å²) in [6.07, 6.45) is 2.24. The van der Waals surface area contributed by atoms with E-state index in [-0.39, 0.29) is 29.2 Å². The number of nitrogen functional groups attached to an aromatic ring is 1. The van der Waals surface area contributed by atoms with Crippen LogP contribution in [0.3, 0.4) is 0 Å². The van der Waals surface area contributed by atoms with Crippen molar-refractivity contribution in [3.63, 3.8) is 0 Å². The van der Waals surface area contributed by atoms with Gasteiger partial charge in [-0.3, -0.25) is 14.4 Å². The highest BCUT2D eigenvalue weighted by molar-refractivity contribution is 7.87. The van der Waals surface area contributed by atoms with Gasteiger partial charge in [-0.25, -0.2) is 14.8 Å². The van der Waals surface area contributed by atoms with Crippen LogP contribution in [0.2, 0.25) is 5.02 Å². The Hall–Kier alpha value is -3.74. The fourth-order valence-corrected chi connectivity index (χ4v) is 4.22. The number of ketones is 1. The Morgan fingerprint density at radius 3 is 2.67 bits per heavy atom. The first-order valence-electron chi connectivity index (χ1n) is 9.43. The van der Waals surface area contributed by atoms with Gasteiger partial charge in [0.1, 0.15) is 11.5 Å². The van der Waals surface area contributed by atoms with E-state index < -0.39 is 34.2 Å². The number of halogens is 1. The van der Waals surface area contributed by atoms with Crippen molar-refractivity contribution in [2.45, 2.75) is 13.0 Å². The maximum Gasteiger partial charge on any atom is 0.299 e. The molecule has 2 aromatic heterocycles. The monoisotopic (exact) mass is 488 g/mol. The summed E-state index contributed by atoms with van der Waals surface area (Å²) in [6.45, 7) is 0.0755. The van der Waals surface area contributed by atoms with Crippen LogP contribution in [0.5, 0.6) is 0 Å². The molecule has 11 nitrogen and oxygen atoms in total. The van der Waals surface area contributed by atoms with Crippen LogP contribution in [0.25, 0.3) is 16.5 Å². The molecule has 6 N–H and O–H groups in total. The van der Waals surface area contributed by atoms with Gasteiger partial charge >= 0.3 is 0 Å². The lowest BCUT2D eigenvalue weighted by Crippen LogP contribution is -2.38. The van der Waals surface area contributed by atoms with Crippen molar-refractivity contribution < 1.29 is 22.8 Å². The van der Waals surface area contributed by atoms with Crippen molar-refractivity contribution in [1.82, 2.24) is 19.6 Å². The summed E-state index contributed by atoms with van der Waals surface area (Å²) in [5.41, 5.74) is 6.88. The van der Waals surface area contributed by atoms with E-state index in [2.05, 4.69) is 10.3 Å². The molecule has 0 saturated heterocycles. The predicted octanol–water partition coefficient (Wildman–Crippen LogP) is 0.683. The largest absolute Gasteiger partial charge is 0.384 e. The van der Waals surface area contributed by atoms with E-state index >= 15 is 0 Å². The van der Waals surface area contributed by atoms with E-state index in [1.165, 1.54) is 17.0 Å². The lowest BCUT2D eigenvalue weighted by Gasteiger charge is -2.15. The predicted molar refractivity (Wildman–Crippen MR) is 121 cm³/mol. The SMILES string of the molecule is Nc1cc(Cn2c(C(=O)NS(N)(=O)=O)c(C3=CNC(=O)CC3=O)c3cc(Cl)ccc32)ccn1. The fourth-order valence-electron chi connectivity index (χ4n) is 3.69. The average molecular weight is 489 g/mol. The smallest absolute Gasteiger partial charge is 0.299 e. The molecule has 0 spiro atoms. The zero-order valence-electron chi connectivity index (χ0n) is 16.8. The minimum absolute atomic E-state index is 0.0226. The molecular weight excluding hydrogens is 472 g/mol. The number of nitrogens with one attached hydrogen (secondary N) is 2. The fraction of sp³-hybridized carbons (Fsp3) is 0.100. The molecule has 4 rings (SSSR count). The van der Waals surface area contributed by atoms with Gasteiger partial charge in [0.05, 0.1) is 6.42 Å². The van der Waals surface area contributed by atoms with Gasteiger partial charge in [0, 0.05) is 46.0 Å². The van der Waals surface area contributed by atoms with E-state index in [0.29, 0.717) is 21.5 Å². The Bertz CT molecular complexity index is 1480. The lowest BCUT2D eigenvalue weighted by molar-refractivity contribution is -0.125. The number of fused-ring (bicyclic) bond motifs is 1. The van der Waals surface area contributed by atoms with Crippen molar-refractivity contribution in [2.75, 3.05) is 5.73 Å². The maximum absolute atomic E-state index is 13.1. The van der Waals surface area contributed by atoms with Gasteiger partial charge < -0.3 is 15.6 Å². The first-order chi connectivity index (χ1) is 15.5. The number of allylic oxidation sites excluding steroid dienone is 1. The summed E-state index contributed by atoms with van der Waals surface area (Å²) >= 11 is 6.19. The molecule has 3 aromatic rings. The Morgan fingerprint density at radius 2 is 2.00 bits per heavy atom. The van der Waals surface area contributed by atoms with E-state index in [4.69, 9.17) is 22.5 Å². The number of amides is 2. The number of aromatic nitrogens is 2. The van der Waals surface area contributed by atoms with Crippen LogP contribution in [-0.4, -0.2) is 35.6 Å². The third-order valence-corrected chi connectivity index (χ3v) is 5.64. The van der Waals surface area contributed by atoms with E-state index in [1.807, 2.05) is 0 Å². The van der Waals surface area contributed by atoms with E-state index in [0.717, 1.165) is 0 Å². The highest BCUT2D eigenvalue weighted by Crippen LogP contribution is 2.36. The van der Waals surface area contributed by atoms with E-state index in [1.54, 1.807) is 35.1 Å². The Balaban J connectivity index is 2.04. The summed E-state index contributed by atoms with van der Waals surface area (Å²) in [5, 5.41) is 8.22. The van der Waals surface area contributed by atoms with Gasteiger partial charge in [0.2, 0.25) is 5.91 Å². The summed E-state index contributed by atoms with van der Waals surface area (Å²) in [7, 11) is -4.43. The van der Waals surface area contributed by atoms with Gasteiger partial charge in [-0.15, -0.1) is 0 Å². The highest BCUT2D eigenvalue weighted by atomic mass is 35.5. The Morgan fingerprint density at radius 1 is 1.24 bits per heavy atom. The molecule has 0 unspecified atom stereocenters. The van der Waals surface area contributed by atoms with Crippen molar-refractivity contribution in [3.05, 3.63) is 64.6 Å². The average Bonchev–Trinajstić information content (AvgIpc) is 3.00. The molecule has 1 aliphatic heterocycles. The zero-order valence-corrected chi connectivity index (χ0v) is 18.4. The molecule has 1 aliphatic rings. The minimum atomic E-state index is -4.43. The second-order valence-electron chi connectivity index (χ2n) is 7.26. The van der Waals surface area contributed by atoms with Crippen molar-refractivity contribution >= 4 is 61.7 Å². The van der Waals surface area contributed by atoms with Gasteiger partial charge in [-0.2, -0.15) is 8.42 Å². The number of pyridine rings is 1. The molecule has 13 heteroatoms. The number of hydrogen-bond acceptors (Lipinski definition) is 7. The van der Waals surface area contributed by atoms with Crippen molar-refractivity contribution in [2.24, 2.45) is 5.14 Å². The van der Waals surface area contributed by atoms with Crippen LogP contribution in [0.15, 0.2) is 42.7 Å². The molecule has 2 amide bonds. The third-order valence-electron chi connectivity index (χ3n) is 4.93. The van der Waals surface area contributed by atoms with Gasteiger partial charge in [-0.1, -0.05) is 11.6 Å². The number of anilines is 1. The van der Waals surface area contributed by atoms with Crippen LogP contribution < -0.4 is 20.9 Å². The van der Waals surface area contributed by atoms with Crippen LogP contribution in [-0.2, 0) is 26.3 Å². The van der Waals surface area contributed by atoms with Crippen molar-refractivity contribution in [3.8, 4) is 0 Å². The number of Topliss-reactive ketones (excluding diaryl/α,β-unsaturated/α-hetero) is 1. The number of hydrogen-bond donors (Lipinski definition) is 4. The molecule has 0 fully saturated rings. The molecule has 0 saturated carbocycles. The molecule has 0 bridgehead atoms.